The molecule has 1 N–H and O–H groups in total. The Hall–Kier alpha value is -2.89. The first-order chi connectivity index (χ1) is 11.2. The van der Waals surface area contributed by atoms with Crippen LogP contribution in [0, 0.1) is 13.8 Å². The van der Waals surface area contributed by atoms with E-state index in [0.29, 0.717) is 11.1 Å². The zero-order valence-electron chi connectivity index (χ0n) is 14.5. The largest absolute Gasteiger partial charge is 0.345 e. The van der Waals surface area contributed by atoms with Crippen LogP contribution in [0.4, 0.5) is 5.69 Å². The zero-order valence-corrected chi connectivity index (χ0v) is 14.5. The molecule has 1 heterocycles. The van der Waals surface area contributed by atoms with Gasteiger partial charge in [0.25, 0.3) is 17.4 Å². The van der Waals surface area contributed by atoms with Gasteiger partial charge in [-0.15, -0.1) is 0 Å². The number of anilines is 1. The number of rotatable bonds is 3. The molecule has 0 saturated carbocycles. The van der Waals surface area contributed by atoms with Crippen molar-refractivity contribution in [3.8, 4) is 0 Å². The van der Waals surface area contributed by atoms with Crippen molar-refractivity contribution in [1.29, 1.82) is 0 Å². The molecule has 2 aromatic rings. The Labute approximate surface area is 140 Å². The van der Waals surface area contributed by atoms with Crippen molar-refractivity contribution in [2.24, 2.45) is 7.05 Å². The Morgan fingerprint density at radius 2 is 1.58 bits per heavy atom. The van der Waals surface area contributed by atoms with Crippen LogP contribution < -0.4 is 10.9 Å². The summed E-state index contributed by atoms with van der Waals surface area (Å²) in [6.45, 7) is 3.80. The fourth-order valence-electron chi connectivity index (χ4n) is 2.48. The number of hydrogen-bond donors (Lipinski definition) is 1. The normalized spacial score (nSPS) is 10.4. The van der Waals surface area contributed by atoms with Crippen molar-refractivity contribution >= 4 is 17.5 Å². The van der Waals surface area contributed by atoms with Gasteiger partial charge in [-0.05, 0) is 32.0 Å². The van der Waals surface area contributed by atoms with Gasteiger partial charge >= 0.3 is 0 Å². The molecule has 0 bridgehead atoms. The van der Waals surface area contributed by atoms with Crippen LogP contribution >= 0.6 is 0 Å². The second-order valence-electron chi connectivity index (χ2n) is 6.09. The molecule has 126 valence electrons. The first-order valence-corrected chi connectivity index (χ1v) is 7.51. The lowest BCUT2D eigenvalue weighted by Gasteiger charge is -2.13. The van der Waals surface area contributed by atoms with Crippen LogP contribution in [0.25, 0.3) is 0 Å². The molecule has 0 spiro atoms. The molecule has 2 rings (SSSR count). The fourth-order valence-corrected chi connectivity index (χ4v) is 2.48. The number of aryl methyl sites for hydroxylation is 3. The van der Waals surface area contributed by atoms with Gasteiger partial charge in [0.05, 0.1) is 5.56 Å². The van der Waals surface area contributed by atoms with Crippen LogP contribution in [0.1, 0.15) is 31.8 Å². The van der Waals surface area contributed by atoms with Gasteiger partial charge in [-0.1, -0.05) is 17.2 Å². The lowest BCUT2D eigenvalue weighted by molar-refractivity contribution is 0.0826. The number of pyridine rings is 1. The van der Waals surface area contributed by atoms with E-state index in [1.54, 1.807) is 33.3 Å². The van der Waals surface area contributed by atoms with Crippen molar-refractivity contribution in [2.75, 3.05) is 19.4 Å². The third-order valence-corrected chi connectivity index (χ3v) is 3.57. The van der Waals surface area contributed by atoms with E-state index in [1.807, 2.05) is 19.9 Å². The van der Waals surface area contributed by atoms with Gasteiger partial charge in [-0.2, -0.15) is 0 Å². The Morgan fingerprint density at radius 3 is 2.12 bits per heavy atom. The van der Waals surface area contributed by atoms with E-state index in [-0.39, 0.29) is 23.1 Å². The second kappa shape index (κ2) is 6.70. The number of aromatic nitrogens is 1. The van der Waals surface area contributed by atoms with E-state index in [1.165, 1.54) is 21.7 Å². The van der Waals surface area contributed by atoms with E-state index in [0.717, 1.165) is 11.1 Å². The van der Waals surface area contributed by atoms with E-state index >= 15 is 0 Å². The zero-order chi connectivity index (χ0) is 18.0. The number of amides is 2. The van der Waals surface area contributed by atoms with E-state index in [2.05, 4.69) is 5.32 Å². The summed E-state index contributed by atoms with van der Waals surface area (Å²) in [6, 6.07) is 6.88. The summed E-state index contributed by atoms with van der Waals surface area (Å²) in [5.41, 5.74) is 2.43. The van der Waals surface area contributed by atoms with Crippen LogP contribution in [0.5, 0.6) is 0 Å². The number of nitrogens with one attached hydrogen (secondary N) is 1. The minimum absolute atomic E-state index is 0.0781. The predicted molar refractivity (Wildman–Crippen MR) is 93.6 cm³/mol. The van der Waals surface area contributed by atoms with Crippen molar-refractivity contribution in [2.45, 2.75) is 13.8 Å². The summed E-state index contributed by atoms with van der Waals surface area (Å²) in [4.78, 5) is 38.2. The number of benzene rings is 1. The number of carbonyl (C=O) groups is 2. The quantitative estimate of drug-likeness (QED) is 0.937. The topological polar surface area (TPSA) is 71.4 Å². The summed E-state index contributed by atoms with van der Waals surface area (Å²) in [5, 5.41) is 2.61. The average Bonchev–Trinajstić information content (AvgIpc) is 2.49. The highest BCUT2D eigenvalue weighted by Crippen LogP contribution is 2.12. The minimum atomic E-state index is -0.381. The van der Waals surface area contributed by atoms with Crippen LogP contribution in [0.2, 0.25) is 0 Å². The summed E-state index contributed by atoms with van der Waals surface area (Å²) < 4.78 is 1.29. The Morgan fingerprint density at radius 1 is 1.00 bits per heavy atom. The highest BCUT2D eigenvalue weighted by atomic mass is 16.2. The van der Waals surface area contributed by atoms with Gasteiger partial charge in [0.1, 0.15) is 5.69 Å². The molecule has 0 aliphatic rings. The van der Waals surface area contributed by atoms with E-state index in [4.69, 9.17) is 0 Å². The molecule has 1 aromatic carbocycles. The molecule has 24 heavy (non-hydrogen) atoms. The third kappa shape index (κ3) is 3.71. The molecule has 0 atom stereocenters. The number of hydrogen-bond acceptors (Lipinski definition) is 3. The fraction of sp³-hybridized carbons (Fsp3) is 0.278. The van der Waals surface area contributed by atoms with E-state index < -0.39 is 0 Å². The molecule has 0 fully saturated rings. The molecule has 1 aromatic heterocycles. The lowest BCUT2D eigenvalue weighted by atomic mass is 10.1. The van der Waals surface area contributed by atoms with Crippen LogP contribution in [0.15, 0.2) is 35.3 Å². The molecule has 0 saturated heterocycles. The Bertz CT molecular complexity index is 846. The highest BCUT2D eigenvalue weighted by Gasteiger charge is 2.15. The van der Waals surface area contributed by atoms with Gasteiger partial charge in [0.2, 0.25) is 0 Å². The van der Waals surface area contributed by atoms with Crippen molar-refractivity contribution in [3.63, 3.8) is 0 Å². The monoisotopic (exact) mass is 327 g/mol. The van der Waals surface area contributed by atoms with Crippen LogP contribution in [-0.4, -0.2) is 35.4 Å². The second-order valence-corrected chi connectivity index (χ2v) is 6.09. The maximum absolute atomic E-state index is 12.4. The molecule has 6 heteroatoms. The summed E-state index contributed by atoms with van der Waals surface area (Å²) in [7, 11) is 4.80. The van der Waals surface area contributed by atoms with Crippen LogP contribution in [-0.2, 0) is 7.05 Å². The van der Waals surface area contributed by atoms with Gasteiger partial charge in [-0.25, -0.2) is 0 Å². The van der Waals surface area contributed by atoms with Gasteiger partial charge < -0.3 is 14.8 Å². The Balaban J connectivity index is 2.40. The van der Waals surface area contributed by atoms with Gasteiger partial charge in [-0.3, -0.25) is 14.4 Å². The minimum Gasteiger partial charge on any atom is -0.345 e. The number of nitrogens with zero attached hydrogens (tertiary/aromatic N) is 2. The van der Waals surface area contributed by atoms with E-state index in [9.17, 15) is 14.4 Å². The van der Waals surface area contributed by atoms with Crippen molar-refractivity contribution < 1.29 is 9.59 Å². The first-order valence-electron chi connectivity index (χ1n) is 7.51. The molecular weight excluding hydrogens is 306 g/mol. The highest BCUT2D eigenvalue weighted by molar-refractivity contribution is 6.05. The summed E-state index contributed by atoms with van der Waals surface area (Å²) in [5.74, 6) is -0.624. The SMILES string of the molecule is Cc1cc(C)cc(C(=O)Nc2cc(C(=O)N(C)C)cn(C)c2=O)c1. The summed E-state index contributed by atoms with van der Waals surface area (Å²) in [6.07, 6.45) is 1.46. The van der Waals surface area contributed by atoms with Crippen LogP contribution in [0.3, 0.4) is 0 Å². The average molecular weight is 327 g/mol. The molecule has 0 aliphatic heterocycles. The molecule has 2 amide bonds. The third-order valence-electron chi connectivity index (χ3n) is 3.57. The first kappa shape index (κ1) is 17.5. The molecule has 0 aliphatic carbocycles. The molecule has 6 nitrogen and oxygen atoms in total. The van der Waals surface area contributed by atoms with Gasteiger partial charge in [0.15, 0.2) is 0 Å². The molecule has 0 unspecified atom stereocenters. The standard InChI is InChI=1S/C18H21N3O3/c1-11-6-12(2)8-13(7-11)16(22)19-15-9-14(17(23)20(3)4)10-21(5)18(15)24/h6-10H,1-5H3,(H,19,22). The van der Waals surface area contributed by atoms with Crippen molar-refractivity contribution in [3.05, 3.63) is 63.1 Å². The predicted octanol–water partition coefficient (Wildman–Crippen LogP) is 1.96. The molecule has 0 radical (unpaired) electrons. The summed E-state index contributed by atoms with van der Waals surface area (Å²) >= 11 is 0. The molecular formula is C18H21N3O3. The number of carbonyl (C=O) groups excluding carboxylic acids is 2. The maximum Gasteiger partial charge on any atom is 0.274 e. The Kier molecular flexibility index (Phi) is 4.87. The lowest BCUT2D eigenvalue weighted by Crippen LogP contribution is -2.28. The smallest absolute Gasteiger partial charge is 0.274 e. The van der Waals surface area contributed by atoms with Gasteiger partial charge in [0, 0.05) is 32.9 Å². The maximum atomic E-state index is 12.4. The van der Waals surface area contributed by atoms with Crippen molar-refractivity contribution in [1.82, 2.24) is 9.47 Å².